The summed E-state index contributed by atoms with van der Waals surface area (Å²) in [7, 11) is 0. The quantitative estimate of drug-likeness (QED) is 0.902. The zero-order valence-corrected chi connectivity index (χ0v) is 14.7. The third-order valence-electron chi connectivity index (χ3n) is 4.39. The molecule has 1 aliphatic heterocycles. The van der Waals surface area contributed by atoms with Gasteiger partial charge in [-0.2, -0.15) is 0 Å². The number of carbonyl (C=O) groups is 1. The number of amides is 1. The maximum atomic E-state index is 12.5. The number of nitrogens with one attached hydrogen (secondary N) is 1. The number of anilines is 2. The second-order valence-corrected chi connectivity index (χ2v) is 6.36. The normalized spacial score (nSPS) is 15.0. The fraction of sp³-hybridized carbons (Fsp3) is 0.421. The van der Waals surface area contributed by atoms with Crippen LogP contribution in [0.25, 0.3) is 0 Å². The smallest absolute Gasteiger partial charge is 0.274 e. The molecule has 0 atom stereocenters. The molecule has 1 N–H and O–H groups in total. The van der Waals surface area contributed by atoms with Crippen molar-refractivity contribution in [3.8, 4) is 5.75 Å². The highest BCUT2D eigenvalue weighted by Crippen LogP contribution is 2.20. The van der Waals surface area contributed by atoms with Gasteiger partial charge < -0.3 is 15.0 Å². The van der Waals surface area contributed by atoms with Crippen molar-refractivity contribution in [1.29, 1.82) is 0 Å². The number of hydrogen-bond acceptors (Lipinski definition) is 5. The molecule has 0 radical (unpaired) electrons. The maximum Gasteiger partial charge on any atom is 0.274 e. The molecule has 25 heavy (non-hydrogen) atoms. The number of hydrogen-bond donors (Lipinski definition) is 1. The molecule has 1 aliphatic rings. The number of carbonyl (C=O) groups excluding carboxylic acids is 1. The van der Waals surface area contributed by atoms with Crippen LogP contribution in [0.4, 0.5) is 11.5 Å². The molecule has 0 saturated carbocycles. The minimum absolute atomic E-state index is 0.0352. The van der Waals surface area contributed by atoms with E-state index in [0.717, 1.165) is 37.4 Å². The van der Waals surface area contributed by atoms with Gasteiger partial charge >= 0.3 is 0 Å². The lowest BCUT2D eigenvalue weighted by Gasteiger charge is -2.29. The Kier molecular flexibility index (Phi) is 5.48. The first-order valence-corrected chi connectivity index (χ1v) is 8.78. The Morgan fingerprint density at radius 1 is 1.16 bits per heavy atom. The standard InChI is InChI=1S/C19H24N4O2/c1-3-25-16-6-4-15(5-7-16)20-18-9-8-17(21-22-18)19(24)23-12-10-14(2)11-13-23/h4-9,14H,3,10-13H2,1-2H3,(H,20,22). The summed E-state index contributed by atoms with van der Waals surface area (Å²) in [5.74, 6) is 2.09. The van der Waals surface area contributed by atoms with Crippen molar-refractivity contribution < 1.29 is 9.53 Å². The Hall–Kier alpha value is -2.63. The molecule has 6 heteroatoms. The van der Waals surface area contributed by atoms with Crippen LogP contribution in [0.2, 0.25) is 0 Å². The van der Waals surface area contributed by atoms with Crippen LogP contribution in [0.5, 0.6) is 5.75 Å². The zero-order valence-electron chi connectivity index (χ0n) is 14.7. The fourth-order valence-electron chi connectivity index (χ4n) is 2.84. The second kappa shape index (κ2) is 7.96. The predicted octanol–water partition coefficient (Wildman–Crippen LogP) is 3.49. The van der Waals surface area contributed by atoms with E-state index in [2.05, 4.69) is 22.4 Å². The Balaban J connectivity index is 1.60. The zero-order chi connectivity index (χ0) is 17.6. The summed E-state index contributed by atoms with van der Waals surface area (Å²) in [4.78, 5) is 14.3. The highest BCUT2D eigenvalue weighted by Gasteiger charge is 2.22. The van der Waals surface area contributed by atoms with E-state index in [1.807, 2.05) is 36.1 Å². The van der Waals surface area contributed by atoms with Crippen molar-refractivity contribution in [2.24, 2.45) is 5.92 Å². The van der Waals surface area contributed by atoms with Gasteiger partial charge in [-0.1, -0.05) is 6.92 Å². The summed E-state index contributed by atoms with van der Waals surface area (Å²) < 4.78 is 5.42. The molecule has 132 valence electrons. The van der Waals surface area contributed by atoms with Crippen molar-refractivity contribution in [3.63, 3.8) is 0 Å². The van der Waals surface area contributed by atoms with Gasteiger partial charge in [-0.3, -0.25) is 4.79 Å². The van der Waals surface area contributed by atoms with E-state index in [0.29, 0.717) is 24.0 Å². The van der Waals surface area contributed by atoms with Gasteiger partial charge in [0.2, 0.25) is 0 Å². The van der Waals surface area contributed by atoms with Gasteiger partial charge in [-0.25, -0.2) is 0 Å². The summed E-state index contributed by atoms with van der Waals surface area (Å²) in [6.07, 6.45) is 2.10. The number of aromatic nitrogens is 2. The van der Waals surface area contributed by atoms with Gasteiger partial charge in [0.05, 0.1) is 6.61 Å². The van der Waals surface area contributed by atoms with Crippen molar-refractivity contribution >= 4 is 17.4 Å². The molecule has 2 aromatic rings. The lowest BCUT2D eigenvalue weighted by Crippen LogP contribution is -2.38. The molecule has 0 spiro atoms. The first kappa shape index (κ1) is 17.2. The topological polar surface area (TPSA) is 67.3 Å². The minimum Gasteiger partial charge on any atom is -0.494 e. The van der Waals surface area contributed by atoms with E-state index < -0.39 is 0 Å². The van der Waals surface area contributed by atoms with E-state index in [1.54, 1.807) is 12.1 Å². The Bertz CT molecular complexity index is 692. The molecule has 0 unspecified atom stereocenters. The molecule has 6 nitrogen and oxygen atoms in total. The molecule has 1 saturated heterocycles. The van der Waals surface area contributed by atoms with Crippen LogP contribution in [0.3, 0.4) is 0 Å². The lowest BCUT2D eigenvalue weighted by atomic mass is 9.99. The third-order valence-corrected chi connectivity index (χ3v) is 4.39. The minimum atomic E-state index is -0.0352. The molecule has 3 rings (SSSR count). The number of benzene rings is 1. The van der Waals surface area contributed by atoms with Gasteiger partial charge in [-0.05, 0) is 62.1 Å². The van der Waals surface area contributed by atoms with Crippen LogP contribution in [-0.2, 0) is 0 Å². The van der Waals surface area contributed by atoms with Crippen LogP contribution in [0.15, 0.2) is 36.4 Å². The number of piperidine rings is 1. The number of ether oxygens (including phenoxy) is 1. The van der Waals surface area contributed by atoms with Crippen LogP contribution >= 0.6 is 0 Å². The first-order chi connectivity index (χ1) is 12.2. The number of likely N-dealkylation sites (tertiary alicyclic amines) is 1. The fourth-order valence-corrected chi connectivity index (χ4v) is 2.84. The number of rotatable bonds is 5. The average molecular weight is 340 g/mol. The monoisotopic (exact) mass is 340 g/mol. The van der Waals surface area contributed by atoms with Crippen LogP contribution in [0, 0.1) is 5.92 Å². The summed E-state index contributed by atoms with van der Waals surface area (Å²) in [6, 6.07) is 11.1. The number of nitrogens with zero attached hydrogens (tertiary/aromatic N) is 3. The summed E-state index contributed by atoms with van der Waals surface area (Å²) in [5.41, 5.74) is 1.29. The van der Waals surface area contributed by atoms with E-state index in [4.69, 9.17) is 4.74 Å². The maximum absolute atomic E-state index is 12.5. The van der Waals surface area contributed by atoms with Gasteiger partial charge in [-0.15, -0.1) is 10.2 Å². The summed E-state index contributed by atoms with van der Waals surface area (Å²) in [6.45, 7) is 6.42. The second-order valence-electron chi connectivity index (χ2n) is 6.36. The van der Waals surface area contributed by atoms with Gasteiger partial charge in [0.15, 0.2) is 11.5 Å². The molecule has 0 aliphatic carbocycles. The summed E-state index contributed by atoms with van der Waals surface area (Å²) >= 11 is 0. The highest BCUT2D eigenvalue weighted by molar-refractivity contribution is 5.92. The van der Waals surface area contributed by atoms with Crippen LogP contribution in [0.1, 0.15) is 37.2 Å². The average Bonchev–Trinajstić information content (AvgIpc) is 2.64. The molecular formula is C19H24N4O2. The summed E-state index contributed by atoms with van der Waals surface area (Å²) in [5, 5.41) is 11.4. The molecule has 2 heterocycles. The van der Waals surface area contributed by atoms with Crippen LogP contribution in [-0.4, -0.2) is 40.7 Å². The van der Waals surface area contributed by atoms with E-state index in [9.17, 15) is 4.79 Å². The SMILES string of the molecule is CCOc1ccc(Nc2ccc(C(=O)N3CCC(C)CC3)nn2)cc1. The lowest BCUT2D eigenvalue weighted by molar-refractivity contribution is 0.0690. The van der Waals surface area contributed by atoms with Crippen molar-refractivity contribution in [3.05, 3.63) is 42.1 Å². The molecule has 1 fully saturated rings. The van der Waals surface area contributed by atoms with Crippen molar-refractivity contribution in [2.45, 2.75) is 26.7 Å². The Morgan fingerprint density at radius 2 is 1.88 bits per heavy atom. The Labute approximate surface area is 148 Å². The van der Waals surface area contributed by atoms with Crippen LogP contribution < -0.4 is 10.1 Å². The molecular weight excluding hydrogens is 316 g/mol. The van der Waals surface area contributed by atoms with Crippen molar-refractivity contribution in [1.82, 2.24) is 15.1 Å². The predicted molar refractivity (Wildman–Crippen MR) is 97.2 cm³/mol. The molecule has 1 aromatic heterocycles. The van der Waals surface area contributed by atoms with E-state index >= 15 is 0 Å². The van der Waals surface area contributed by atoms with E-state index in [-0.39, 0.29) is 5.91 Å². The molecule has 1 amide bonds. The molecule has 1 aromatic carbocycles. The third kappa shape index (κ3) is 4.47. The van der Waals surface area contributed by atoms with Crippen molar-refractivity contribution in [2.75, 3.05) is 25.0 Å². The van der Waals surface area contributed by atoms with Gasteiger partial charge in [0, 0.05) is 18.8 Å². The van der Waals surface area contributed by atoms with E-state index in [1.165, 1.54) is 0 Å². The van der Waals surface area contributed by atoms with Gasteiger partial charge in [0.25, 0.3) is 5.91 Å². The van der Waals surface area contributed by atoms with Gasteiger partial charge in [0.1, 0.15) is 5.75 Å². The Morgan fingerprint density at radius 3 is 2.48 bits per heavy atom. The highest BCUT2D eigenvalue weighted by atomic mass is 16.5. The molecule has 0 bridgehead atoms. The first-order valence-electron chi connectivity index (χ1n) is 8.78. The largest absolute Gasteiger partial charge is 0.494 e.